The van der Waals surface area contributed by atoms with Crippen LogP contribution in [0, 0.1) is 6.92 Å². The highest BCUT2D eigenvalue weighted by Crippen LogP contribution is 2.28. The largest absolute Gasteiger partial charge is 0.476 e. The van der Waals surface area contributed by atoms with Crippen LogP contribution < -0.4 is 0 Å². The third-order valence-corrected chi connectivity index (χ3v) is 5.58. The van der Waals surface area contributed by atoms with Gasteiger partial charge in [0.15, 0.2) is 5.69 Å². The van der Waals surface area contributed by atoms with E-state index in [1.807, 2.05) is 6.92 Å². The van der Waals surface area contributed by atoms with E-state index >= 15 is 0 Å². The zero-order chi connectivity index (χ0) is 14.2. The summed E-state index contributed by atoms with van der Waals surface area (Å²) in [4.78, 5) is 10.9. The maximum absolute atomic E-state index is 12.6. The van der Waals surface area contributed by atoms with Gasteiger partial charge in [-0.3, -0.25) is 5.10 Å². The first kappa shape index (κ1) is 14.0. The first-order chi connectivity index (χ1) is 8.85. The molecule has 2 N–H and O–H groups in total. The van der Waals surface area contributed by atoms with E-state index in [0.717, 1.165) is 19.3 Å². The summed E-state index contributed by atoms with van der Waals surface area (Å²) in [6.45, 7) is 3.78. The molecule has 19 heavy (non-hydrogen) atoms. The van der Waals surface area contributed by atoms with Crippen molar-refractivity contribution in [2.24, 2.45) is 0 Å². The Balaban J connectivity index is 2.50. The number of rotatable bonds is 3. The maximum atomic E-state index is 12.6. The predicted molar refractivity (Wildman–Crippen MR) is 67.5 cm³/mol. The molecule has 1 fully saturated rings. The Hall–Kier alpha value is -1.41. The van der Waals surface area contributed by atoms with Gasteiger partial charge in [-0.25, -0.2) is 13.2 Å². The molecule has 0 aliphatic carbocycles. The number of carboxylic acid groups (broad SMARTS) is 1. The van der Waals surface area contributed by atoms with Gasteiger partial charge >= 0.3 is 5.97 Å². The minimum Gasteiger partial charge on any atom is -0.476 e. The third kappa shape index (κ3) is 2.37. The van der Waals surface area contributed by atoms with E-state index in [-0.39, 0.29) is 16.6 Å². The number of aromatic nitrogens is 2. The van der Waals surface area contributed by atoms with Gasteiger partial charge in [-0.1, -0.05) is 6.42 Å². The van der Waals surface area contributed by atoms with Crippen LogP contribution in [-0.2, 0) is 10.0 Å². The minimum atomic E-state index is -3.82. The second kappa shape index (κ2) is 4.93. The van der Waals surface area contributed by atoms with Gasteiger partial charge in [0.05, 0.1) is 5.69 Å². The lowest BCUT2D eigenvalue weighted by atomic mass is 10.1. The summed E-state index contributed by atoms with van der Waals surface area (Å²) in [6, 6.07) is -0.116. The molecule has 0 radical (unpaired) electrons. The van der Waals surface area contributed by atoms with Crippen LogP contribution in [0.4, 0.5) is 0 Å². The van der Waals surface area contributed by atoms with E-state index in [9.17, 15) is 13.2 Å². The monoisotopic (exact) mass is 287 g/mol. The lowest BCUT2D eigenvalue weighted by Crippen LogP contribution is -2.42. The Labute approximate surface area is 111 Å². The van der Waals surface area contributed by atoms with Crippen molar-refractivity contribution in [3.05, 3.63) is 11.4 Å². The molecule has 1 aliphatic rings. The highest BCUT2D eigenvalue weighted by molar-refractivity contribution is 7.89. The van der Waals surface area contributed by atoms with Crippen molar-refractivity contribution >= 4 is 16.0 Å². The molecule has 1 aromatic heterocycles. The zero-order valence-electron chi connectivity index (χ0n) is 10.9. The van der Waals surface area contributed by atoms with E-state index in [1.54, 1.807) is 0 Å². The number of nitrogens with one attached hydrogen (secondary N) is 1. The average molecular weight is 287 g/mol. The van der Waals surface area contributed by atoms with Crippen LogP contribution in [0.2, 0.25) is 0 Å². The van der Waals surface area contributed by atoms with Gasteiger partial charge < -0.3 is 5.11 Å². The maximum Gasteiger partial charge on any atom is 0.357 e. The number of hydrogen-bond donors (Lipinski definition) is 2. The van der Waals surface area contributed by atoms with Gasteiger partial charge in [-0.2, -0.15) is 9.40 Å². The molecule has 106 valence electrons. The van der Waals surface area contributed by atoms with Gasteiger partial charge in [0.2, 0.25) is 10.0 Å². The average Bonchev–Trinajstić information content (AvgIpc) is 2.72. The Morgan fingerprint density at radius 1 is 1.47 bits per heavy atom. The van der Waals surface area contributed by atoms with Crippen LogP contribution in [0.5, 0.6) is 0 Å². The zero-order valence-corrected chi connectivity index (χ0v) is 11.7. The van der Waals surface area contributed by atoms with Crippen molar-refractivity contribution in [2.75, 3.05) is 6.54 Å². The molecule has 7 nitrogen and oxygen atoms in total. The molecule has 0 spiro atoms. The molecule has 1 unspecified atom stereocenters. The van der Waals surface area contributed by atoms with Crippen molar-refractivity contribution in [3.63, 3.8) is 0 Å². The van der Waals surface area contributed by atoms with Crippen LogP contribution in [-0.4, -0.2) is 46.6 Å². The number of aromatic carboxylic acids is 1. The van der Waals surface area contributed by atoms with Crippen molar-refractivity contribution < 1.29 is 18.3 Å². The van der Waals surface area contributed by atoms with Crippen LogP contribution in [0.1, 0.15) is 42.4 Å². The first-order valence-electron chi connectivity index (χ1n) is 6.16. The summed E-state index contributed by atoms with van der Waals surface area (Å²) in [6.07, 6.45) is 2.57. The fraction of sp³-hybridized carbons (Fsp3) is 0.636. The Morgan fingerprint density at radius 3 is 2.74 bits per heavy atom. The number of sulfonamides is 1. The molecule has 1 aliphatic heterocycles. The number of aryl methyl sites for hydroxylation is 1. The standard InChI is InChI=1S/C11H17N3O4S/c1-7-5-3-4-6-14(7)19(17,18)10-8(2)12-13-9(10)11(15)16/h7H,3-6H2,1-2H3,(H,12,13)(H,15,16). The summed E-state index contributed by atoms with van der Waals surface area (Å²) < 4.78 is 26.6. The minimum absolute atomic E-state index is 0.116. The normalized spacial score (nSPS) is 21.5. The number of piperidine rings is 1. The van der Waals surface area contributed by atoms with E-state index in [1.165, 1.54) is 11.2 Å². The molecule has 2 rings (SSSR count). The number of nitrogens with zero attached hydrogens (tertiary/aromatic N) is 2. The molecule has 1 atom stereocenters. The van der Waals surface area contributed by atoms with Crippen molar-refractivity contribution in [1.29, 1.82) is 0 Å². The number of carbonyl (C=O) groups is 1. The van der Waals surface area contributed by atoms with Crippen molar-refractivity contribution in [2.45, 2.75) is 44.0 Å². The Kier molecular flexibility index (Phi) is 3.64. The van der Waals surface area contributed by atoms with Crippen LogP contribution >= 0.6 is 0 Å². The highest BCUT2D eigenvalue weighted by atomic mass is 32.2. The topological polar surface area (TPSA) is 103 Å². The molecular formula is C11H17N3O4S. The van der Waals surface area contributed by atoms with E-state index in [4.69, 9.17) is 5.11 Å². The molecule has 2 heterocycles. The fourth-order valence-corrected chi connectivity index (χ4v) is 4.42. The predicted octanol–water partition coefficient (Wildman–Crippen LogP) is 0.979. The summed E-state index contributed by atoms with van der Waals surface area (Å²) in [5.41, 5.74) is -0.176. The number of carboxylic acids is 1. The van der Waals surface area contributed by atoms with Crippen LogP contribution in [0.3, 0.4) is 0 Å². The summed E-state index contributed by atoms with van der Waals surface area (Å²) in [5.74, 6) is -1.34. The molecule has 0 bridgehead atoms. The Bertz CT molecular complexity index is 593. The number of aromatic amines is 1. The molecule has 1 aromatic rings. The van der Waals surface area contributed by atoms with Gasteiger partial charge in [0, 0.05) is 12.6 Å². The van der Waals surface area contributed by atoms with E-state index in [0.29, 0.717) is 6.54 Å². The summed E-state index contributed by atoms with van der Waals surface area (Å²) in [5, 5.41) is 15.1. The van der Waals surface area contributed by atoms with Gasteiger partial charge in [0.1, 0.15) is 4.90 Å². The van der Waals surface area contributed by atoms with Crippen LogP contribution in [0.25, 0.3) is 0 Å². The lowest BCUT2D eigenvalue weighted by Gasteiger charge is -2.32. The quantitative estimate of drug-likeness (QED) is 0.862. The molecule has 0 amide bonds. The van der Waals surface area contributed by atoms with E-state index in [2.05, 4.69) is 10.2 Å². The number of hydrogen-bond acceptors (Lipinski definition) is 4. The smallest absolute Gasteiger partial charge is 0.357 e. The second-order valence-corrected chi connectivity index (χ2v) is 6.62. The molecular weight excluding hydrogens is 270 g/mol. The van der Waals surface area contributed by atoms with Gasteiger partial charge in [-0.15, -0.1) is 0 Å². The Morgan fingerprint density at radius 2 is 2.16 bits per heavy atom. The van der Waals surface area contributed by atoms with Crippen molar-refractivity contribution in [3.8, 4) is 0 Å². The third-order valence-electron chi connectivity index (χ3n) is 3.40. The summed E-state index contributed by atoms with van der Waals surface area (Å²) >= 11 is 0. The fourth-order valence-electron chi connectivity index (χ4n) is 2.43. The molecule has 0 aromatic carbocycles. The second-order valence-electron chi connectivity index (χ2n) is 4.79. The van der Waals surface area contributed by atoms with Crippen LogP contribution in [0.15, 0.2) is 4.90 Å². The van der Waals surface area contributed by atoms with Crippen molar-refractivity contribution in [1.82, 2.24) is 14.5 Å². The number of H-pyrrole nitrogens is 1. The lowest BCUT2D eigenvalue weighted by molar-refractivity contribution is 0.0685. The molecule has 0 saturated carbocycles. The highest BCUT2D eigenvalue weighted by Gasteiger charge is 2.36. The van der Waals surface area contributed by atoms with E-state index < -0.39 is 21.7 Å². The first-order valence-corrected chi connectivity index (χ1v) is 7.60. The molecule has 1 saturated heterocycles. The SMILES string of the molecule is Cc1[nH]nc(C(=O)O)c1S(=O)(=O)N1CCCCC1C. The molecule has 8 heteroatoms. The van der Waals surface area contributed by atoms with Gasteiger partial charge in [0.25, 0.3) is 0 Å². The summed E-state index contributed by atoms with van der Waals surface area (Å²) in [7, 11) is -3.82. The van der Waals surface area contributed by atoms with Gasteiger partial charge in [-0.05, 0) is 26.7 Å².